The van der Waals surface area contributed by atoms with Gasteiger partial charge >= 0.3 is 0 Å². The largest absolute Gasteiger partial charge is 0.511 e. The molecule has 1 aromatic carbocycles. The van der Waals surface area contributed by atoms with E-state index in [1.165, 1.54) is 0 Å². The van der Waals surface area contributed by atoms with Crippen LogP contribution in [-0.4, -0.2) is 48.5 Å². The highest BCUT2D eigenvalue weighted by molar-refractivity contribution is 6.24. The van der Waals surface area contributed by atoms with Gasteiger partial charge in [-0.25, -0.2) is 0 Å². The topological polar surface area (TPSA) is 171 Å². The second kappa shape index (κ2) is 7.78. The summed E-state index contributed by atoms with van der Waals surface area (Å²) in [6, 6.07) is 7.18. The number of aromatic hydroxyl groups is 1. The van der Waals surface area contributed by atoms with Gasteiger partial charge < -0.3 is 26.2 Å². The second-order valence-corrected chi connectivity index (χ2v) is 9.26. The third-order valence-corrected chi connectivity index (χ3v) is 7.46. The lowest BCUT2D eigenvalue weighted by Gasteiger charge is -2.45. The number of aliphatic hydroxyl groups is 3. The summed E-state index contributed by atoms with van der Waals surface area (Å²) < 4.78 is 0. The number of hydrogen-bond acceptors (Lipinski definition) is 8. The third kappa shape index (κ3) is 3.04. The molecule has 1 aromatic heterocycles. The van der Waals surface area contributed by atoms with Crippen LogP contribution in [0.25, 0.3) is 11.3 Å². The summed E-state index contributed by atoms with van der Waals surface area (Å²) in [5, 5.41) is 43.7. The number of amides is 1. The van der Waals surface area contributed by atoms with Gasteiger partial charge in [-0.1, -0.05) is 13.0 Å². The zero-order chi connectivity index (χ0) is 25.2. The molecule has 6 N–H and O–H groups in total. The molecule has 2 aromatic rings. The van der Waals surface area contributed by atoms with Gasteiger partial charge in [-0.05, 0) is 54.5 Å². The third-order valence-electron chi connectivity index (χ3n) is 7.46. The Bertz CT molecular complexity index is 1380. The van der Waals surface area contributed by atoms with Gasteiger partial charge in [0.25, 0.3) is 5.91 Å². The van der Waals surface area contributed by atoms with Crippen molar-refractivity contribution in [1.82, 2.24) is 4.98 Å². The molecule has 1 heterocycles. The van der Waals surface area contributed by atoms with E-state index in [1.54, 1.807) is 24.4 Å². The van der Waals surface area contributed by atoms with E-state index >= 15 is 0 Å². The first-order valence-electron chi connectivity index (χ1n) is 11.4. The SMILES string of the molecule is CCc1cc(-c2ccccn2)c2c(c1O)C(=O)C1=C(O)[C@]3(O)C(=O)C(C(N)=O)=C(O)C[C@@H]3C[C@@H]1C2. The van der Waals surface area contributed by atoms with Gasteiger partial charge in [0.2, 0.25) is 5.78 Å². The zero-order valence-corrected chi connectivity index (χ0v) is 18.9. The number of fused-ring (bicyclic) bond motifs is 3. The highest BCUT2D eigenvalue weighted by Gasteiger charge is 2.59. The number of benzene rings is 1. The number of rotatable bonds is 3. The van der Waals surface area contributed by atoms with E-state index in [-0.39, 0.29) is 36.1 Å². The minimum Gasteiger partial charge on any atom is -0.511 e. The molecule has 9 heteroatoms. The summed E-state index contributed by atoms with van der Waals surface area (Å²) in [5.41, 5.74) is 4.08. The lowest BCUT2D eigenvalue weighted by Crippen LogP contribution is -2.57. The number of primary amides is 1. The number of Topliss-reactive ketones (excluding diaryl/α,β-unsaturated/α-hetero) is 2. The van der Waals surface area contributed by atoms with E-state index in [4.69, 9.17) is 5.73 Å². The van der Waals surface area contributed by atoms with Crippen molar-refractivity contribution in [1.29, 1.82) is 0 Å². The average molecular weight is 476 g/mol. The van der Waals surface area contributed by atoms with E-state index in [2.05, 4.69) is 4.98 Å². The van der Waals surface area contributed by atoms with E-state index in [0.717, 1.165) is 0 Å². The van der Waals surface area contributed by atoms with Crippen LogP contribution in [-0.2, 0) is 22.4 Å². The minimum atomic E-state index is -2.57. The molecule has 3 atom stereocenters. The summed E-state index contributed by atoms with van der Waals surface area (Å²) in [7, 11) is 0. The van der Waals surface area contributed by atoms with Crippen LogP contribution in [0.2, 0.25) is 0 Å². The van der Waals surface area contributed by atoms with E-state index in [1.807, 2.05) is 13.0 Å². The summed E-state index contributed by atoms with van der Waals surface area (Å²) >= 11 is 0. The van der Waals surface area contributed by atoms with Crippen molar-refractivity contribution < 1.29 is 34.8 Å². The van der Waals surface area contributed by atoms with Crippen molar-refractivity contribution >= 4 is 17.5 Å². The number of aliphatic hydroxyl groups excluding tert-OH is 2. The predicted octanol–water partition coefficient (Wildman–Crippen LogP) is 2.20. The van der Waals surface area contributed by atoms with Gasteiger partial charge in [0, 0.05) is 29.7 Å². The molecule has 1 amide bonds. The Balaban J connectivity index is 1.73. The second-order valence-electron chi connectivity index (χ2n) is 9.26. The van der Waals surface area contributed by atoms with Crippen LogP contribution in [0.4, 0.5) is 0 Å². The number of nitrogens with zero attached hydrogens (tertiary/aromatic N) is 1. The van der Waals surface area contributed by atoms with E-state index < -0.39 is 52.0 Å². The van der Waals surface area contributed by atoms with Crippen LogP contribution < -0.4 is 5.73 Å². The highest BCUT2D eigenvalue weighted by Crippen LogP contribution is 2.52. The fourth-order valence-electron chi connectivity index (χ4n) is 5.76. The maximum atomic E-state index is 13.8. The first-order valence-corrected chi connectivity index (χ1v) is 11.4. The predicted molar refractivity (Wildman–Crippen MR) is 123 cm³/mol. The number of hydrogen-bond donors (Lipinski definition) is 5. The quantitative estimate of drug-likeness (QED) is 0.420. The Labute approximate surface area is 200 Å². The fourth-order valence-corrected chi connectivity index (χ4v) is 5.76. The molecule has 5 rings (SSSR count). The number of ketones is 2. The number of aryl methyl sites for hydroxylation is 1. The molecule has 0 aliphatic heterocycles. The molecule has 0 saturated carbocycles. The molecule has 35 heavy (non-hydrogen) atoms. The molecule has 0 bridgehead atoms. The van der Waals surface area contributed by atoms with Gasteiger partial charge in [0.1, 0.15) is 22.8 Å². The van der Waals surface area contributed by atoms with Gasteiger partial charge in [-0.15, -0.1) is 0 Å². The Morgan fingerprint density at radius 1 is 1.20 bits per heavy atom. The van der Waals surface area contributed by atoms with Crippen LogP contribution in [0.1, 0.15) is 41.3 Å². The minimum absolute atomic E-state index is 0.00151. The summed E-state index contributed by atoms with van der Waals surface area (Å²) in [5.74, 6) is -6.34. The van der Waals surface area contributed by atoms with Crippen LogP contribution >= 0.6 is 0 Å². The number of carbonyl (C=O) groups excluding carboxylic acids is 3. The normalized spacial score (nSPS) is 25.8. The van der Waals surface area contributed by atoms with Crippen molar-refractivity contribution in [2.75, 3.05) is 0 Å². The standard InChI is InChI=1S/C26H24N2O7/c1-2-11-8-14(16-5-3-4-6-28-16)15-9-12-7-13-10-17(29)20(25(27)34)24(33)26(13,35)23(32)18(12)22(31)19(15)21(11)30/h3-6,8,12-13,29-30,32,35H,2,7,9-10H2,1H3,(H2,27,34)/t12-,13+,26+/m1/s1. The van der Waals surface area contributed by atoms with Gasteiger partial charge in [-0.2, -0.15) is 0 Å². The van der Waals surface area contributed by atoms with Crippen LogP contribution in [0.15, 0.2) is 53.1 Å². The number of carbonyl (C=O) groups is 3. The number of phenols is 1. The molecule has 3 aliphatic rings. The molecule has 0 saturated heterocycles. The van der Waals surface area contributed by atoms with Crippen molar-refractivity contribution in [3.63, 3.8) is 0 Å². The van der Waals surface area contributed by atoms with E-state index in [0.29, 0.717) is 28.8 Å². The van der Waals surface area contributed by atoms with Gasteiger partial charge in [0.15, 0.2) is 11.4 Å². The van der Waals surface area contributed by atoms with Crippen LogP contribution in [0.5, 0.6) is 5.75 Å². The summed E-state index contributed by atoms with van der Waals surface area (Å²) in [6.07, 6.45) is 2.11. The van der Waals surface area contributed by atoms with Crippen molar-refractivity contribution in [3.05, 3.63) is 69.8 Å². The molecule has 0 unspecified atom stereocenters. The Morgan fingerprint density at radius 3 is 2.57 bits per heavy atom. The van der Waals surface area contributed by atoms with Crippen LogP contribution in [0, 0.1) is 11.8 Å². The molecule has 0 fully saturated rings. The molecule has 180 valence electrons. The number of aromatic nitrogens is 1. The summed E-state index contributed by atoms with van der Waals surface area (Å²) in [4.78, 5) is 43.0. The number of allylic oxidation sites excluding steroid dienone is 2. The van der Waals surface area contributed by atoms with E-state index in [9.17, 15) is 34.8 Å². The Hall–Kier alpha value is -3.98. The first-order chi connectivity index (χ1) is 16.6. The zero-order valence-electron chi connectivity index (χ0n) is 18.9. The molecule has 0 radical (unpaired) electrons. The Morgan fingerprint density at radius 2 is 1.94 bits per heavy atom. The van der Waals surface area contributed by atoms with Crippen molar-refractivity contribution in [2.24, 2.45) is 17.6 Å². The molecular formula is C26H24N2O7. The van der Waals surface area contributed by atoms with Gasteiger partial charge in [-0.3, -0.25) is 19.4 Å². The highest BCUT2D eigenvalue weighted by atomic mass is 16.3. The lowest BCUT2D eigenvalue weighted by atomic mass is 9.60. The molecule has 9 nitrogen and oxygen atoms in total. The van der Waals surface area contributed by atoms with Crippen LogP contribution in [0.3, 0.4) is 0 Å². The summed E-state index contributed by atoms with van der Waals surface area (Å²) in [6.45, 7) is 1.83. The fraction of sp³-hybridized carbons (Fsp3) is 0.308. The number of pyridine rings is 1. The average Bonchev–Trinajstić information content (AvgIpc) is 2.82. The molecule has 0 spiro atoms. The number of phenolic OH excluding ortho intramolecular Hbond substituents is 1. The first kappa shape index (κ1) is 22.8. The number of nitrogens with two attached hydrogens (primary N) is 1. The molecule has 3 aliphatic carbocycles. The maximum absolute atomic E-state index is 13.8. The van der Waals surface area contributed by atoms with Crippen molar-refractivity contribution in [3.8, 4) is 17.0 Å². The smallest absolute Gasteiger partial charge is 0.255 e. The van der Waals surface area contributed by atoms with Gasteiger partial charge in [0.05, 0.1) is 11.3 Å². The monoisotopic (exact) mass is 476 g/mol. The Kier molecular flexibility index (Phi) is 5.06. The van der Waals surface area contributed by atoms with Crippen molar-refractivity contribution in [2.45, 2.75) is 38.2 Å². The lowest BCUT2D eigenvalue weighted by molar-refractivity contribution is -0.144. The molecular weight excluding hydrogens is 452 g/mol. The maximum Gasteiger partial charge on any atom is 0.255 e.